The van der Waals surface area contributed by atoms with Gasteiger partial charge in [0.2, 0.25) is 0 Å². The lowest BCUT2D eigenvalue weighted by Crippen LogP contribution is -2.20. The average molecular weight is 418 g/mol. The molecule has 6 nitrogen and oxygen atoms in total. The topological polar surface area (TPSA) is 77.5 Å². The monoisotopic (exact) mass is 418 g/mol. The maximum absolute atomic E-state index is 13.4. The van der Waals surface area contributed by atoms with E-state index in [1.165, 1.54) is 26.2 Å². The molecular formula is C20H16F2N2O4S. The Hall–Kier alpha value is -3.33. The third kappa shape index (κ3) is 4.94. The Morgan fingerprint density at radius 2 is 1.90 bits per heavy atom. The molecule has 0 spiro atoms. The zero-order chi connectivity index (χ0) is 21.0. The first-order valence-electron chi connectivity index (χ1n) is 8.40. The van der Waals surface area contributed by atoms with E-state index in [4.69, 9.17) is 9.47 Å². The second-order valence-corrected chi connectivity index (χ2v) is 6.78. The summed E-state index contributed by atoms with van der Waals surface area (Å²) in [5, 5.41) is 4.48. The van der Waals surface area contributed by atoms with E-state index >= 15 is 0 Å². The van der Waals surface area contributed by atoms with E-state index in [9.17, 15) is 18.4 Å². The molecule has 0 atom stereocenters. The highest BCUT2D eigenvalue weighted by Crippen LogP contribution is 2.29. The number of hydrogen-bond donors (Lipinski definition) is 1. The number of carbonyl (C=O) groups is 2. The van der Waals surface area contributed by atoms with Gasteiger partial charge in [-0.3, -0.25) is 14.9 Å². The summed E-state index contributed by atoms with van der Waals surface area (Å²) in [6.07, 6.45) is 0. The highest BCUT2D eigenvalue weighted by molar-refractivity contribution is 7.14. The molecule has 150 valence electrons. The minimum Gasteiger partial charge on any atom is -0.493 e. The van der Waals surface area contributed by atoms with Gasteiger partial charge in [-0.2, -0.15) is 0 Å². The van der Waals surface area contributed by atoms with Crippen LogP contribution < -0.4 is 14.8 Å². The van der Waals surface area contributed by atoms with E-state index in [1.807, 2.05) is 0 Å². The predicted octanol–water partition coefficient (Wildman–Crippen LogP) is 4.32. The van der Waals surface area contributed by atoms with Gasteiger partial charge in [0.15, 0.2) is 40.7 Å². The quantitative estimate of drug-likeness (QED) is 0.579. The van der Waals surface area contributed by atoms with Crippen molar-refractivity contribution in [3.63, 3.8) is 0 Å². The Morgan fingerprint density at radius 3 is 2.59 bits per heavy atom. The number of aromatic nitrogens is 1. The number of amides is 1. The van der Waals surface area contributed by atoms with Crippen LogP contribution in [-0.2, 0) is 4.79 Å². The summed E-state index contributed by atoms with van der Waals surface area (Å²) in [6.45, 7) is 1.13. The fourth-order valence-electron chi connectivity index (χ4n) is 2.42. The molecule has 0 radical (unpaired) electrons. The summed E-state index contributed by atoms with van der Waals surface area (Å²) in [7, 11) is 1.43. The minimum atomic E-state index is -0.973. The number of methoxy groups -OCH3 is 1. The van der Waals surface area contributed by atoms with Crippen LogP contribution in [0.1, 0.15) is 17.3 Å². The Labute approximate surface area is 169 Å². The molecule has 1 amide bonds. The van der Waals surface area contributed by atoms with Crippen molar-refractivity contribution in [1.29, 1.82) is 0 Å². The van der Waals surface area contributed by atoms with Crippen LogP contribution in [0, 0.1) is 11.6 Å². The van der Waals surface area contributed by atoms with Crippen LogP contribution >= 0.6 is 11.3 Å². The number of ether oxygens (including phenoxy) is 2. The van der Waals surface area contributed by atoms with Crippen LogP contribution in [0.15, 0.2) is 41.8 Å². The summed E-state index contributed by atoms with van der Waals surface area (Å²) in [6, 6.07) is 8.11. The van der Waals surface area contributed by atoms with Gasteiger partial charge in [-0.15, -0.1) is 11.3 Å². The standard InChI is InChI=1S/C20H16F2N2O4S/c1-11(25)12-4-6-17(18(8-12)27-2)28-9-19(26)24-20-23-16(10-29-20)13-3-5-14(21)15(22)7-13/h3-8,10H,9H2,1-2H3,(H,23,24,26). The number of carbonyl (C=O) groups excluding carboxylic acids is 2. The number of halogens is 2. The average Bonchev–Trinajstić information content (AvgIpc) is 3.16. The lowest BCUT2D eigenvalue weighted by atomic mass is 10.1. The van der Waals surface area contributed by atoms with Crippen molar-refractivity contribution in [2.45, 2.75) is 6.92 Å². The molecular weight excluding hydrogens is 402 g/mol. The summed E-state index contributed by atoms with van der Waals surface area (Å²) >= 11 is 1.14. The second-order valence-electron chi connectivity index (χ2n) is 5.93. The molecule has 0 aliphatic rings. The Bertz CT molecular complexity index is 1070. The fourth-order valence-corrected chi connectivity index (χ4v) is 3.16. The van der Waals surface area contributed by atoms with Crippen LogP contribution in [-0.4, -0.2) is 30.4 Å². The van der Waals surface area contributed by atoms with Crippen molar-refractivity contribution in [3.05, 3.63) is 59.0 Å². The number of Topliss-reactive ketones (excluding diaryl/α,β-unsaturated/α-hetero) is 1. The zero-order valence-electron chi connectivity index (χ0n) is 15.5. The van der Waals surface area contributed by atoms with Crippen molar-refractivity contribution >= 4 is 28.2 Å². The molecule has 3 aromatic rings. The largest absolute Gasteiger partial charge is 0.493 e. The van der Waals surface area contributed by atoms with Crippen LogP contribution in [0.4, 0.5) is 13.9 Å². The normalized spacial score (nSPS) is 10.5. The molecule has 2 aromatic carbocycles. The maximum Gasteiger partial charge on any atom is 0.264 e. The minimum absolute atomic E-state index is 0.117. The number of nitrogens with one attached hydrogen (secondary N) is 1. The summed E-state index contributed by atoms with van der Waals surface area (Å²) < 4.78 is 37.0. The number of hydrogen-bond acceptors (Lipinski definition) is 6. The van der Waals surface area contributed by atoms with E-state index in [-0.39, 0.29) is 17.5 Å². The summed E-state index contributed by atoms with van der Waals surface area (Å²) in [4.78, 5) is 27.8. The van der Waals surface area contributed by atoms with Crippen molar-refractivity contribution in [2.24, 2.45) is 0 Å². The molecule has 9 heteroatoms. The SMILES string of the molecule is COc1cc(C(C)=O)ccc1OCC(=O)Nc1nc(-c2ccc(F)c(F)c2)cs1. The van der Waals surface area contributed by atoms with Gasteiger partial charge >= 0.3 is 0 Å². The molecule has 0 aliphatic carbocycles. The fraction of sp³-hybridized carbons (Fsp3) is 0.150. The lowest BCUT2D eigenvalue weighted by Gasteiger charge is -2.11. The zero-order valence-corrected chi connectivity index (χ0v) is 16.3. The third-order valence-electron chi connectivity index (χ3n) is 3.89. The van der Waals surface area contributed by atoms with Gasteiger partial charge in [0.05, 0.1) is 12.8 Å². The first kappa shape index (κ1) is 20.4. The van der Waals surface area contributed by atoms with Gasteiger partial charge in [0.25, 0.3) is 5.91 Å². The van der Waals surface area contributed by atoms with Gasteiger partial charge in [-0.1, -0.05) is 0 Å². The third-order valence-corrected chi connectivity index (χ3v) is 4.65. The predicted molar refractivity (Wildman–Crippen MR) is 105 cm³/mol. The first-order valence-corrected chi connectivity index (χ1v) is 9.28. The second kappa shape index (κ2) is 8.78. The van der Waals surface area contributed by atoms with E-state index < -0.39 is 17.5 Å². The van der Waals surface area contributed by atoms with Crippen LogP contribution in [0.2, 0.25) is 0 Å². The number of thiazole rings is 1. The number of ketones is 1. The molecule has 0 saturated heterocycles. The van der Waals surface area contributed by atoms with Crippen molar-refractivity contribution < 1.29 is 27.8 Å². The van der Waals surface area contributed by atoms with Crippen molar-refractivity contribution in [1.82, 2.24) is 4.98 Å². The highest BCUT2D eigenvalue weighted by atomic mass is 32.1. The molecule has 1 heterocycles. The maximum atomic E-state index is 13.4. The van der Waals surface area contributed by atoms with Crippen molar-refractivity contribution in [3.8, 4) is 22.8 Å². The number of anilines is 1. The van der Waals surface area contributed by atoms with Gasteiger partial charge in [0.1, 0.15) is 0 Å². The molecule has 3 rings (SSSR count). The first-order chi connectivity index (χ1) is 13.9. The van der Waals surface area contributed by atoms with Crippen LogP contribution in [0.25, 0.3) is 11.3 Å². The Morgan fingerprint density at radius 1 is 1.10 bits per heavy atom. The van der Waals surface area contributed by atoms with E-state index in [0.717, 1.165) is 23.5 Å². The molecule has 1 aromatic heterocycles. The summed E-state index contributed by atoms with van der Waals surface area (Å²) in [5.74, 6) is -1.85. The molecule has 0 saturated carbocycles. The van der Waals surface area contributed by atoms with E-state index in [1.54, 1.807) is 17.5 Å². The lowest BCUT2D eigenvalue weighted by molar-refractivity contribution is -0.118. The van der Waals surface area contributed by atoms with E-state index in [2.05, 4.69) is 10.3 Å². The van der Waals surface area contributed by atoms with E-state index in [0.29, 0.717) is 28.3 Å². The Kier molecular flexibility index (Phi) is 6.18. The highest BCUT2D eigenvalue weighted by Gasteiger charge is 2.13. The molecule has 0 aliphatic heterocycles. The molecule has 29 heavy (non-hydrogen) atoms. The molecule has 0 fully saturated rings. The van der Waals surface area contributed by atoms with Crippen molar-refractivity contribution in [2.75, 3.05) is 19.0 Å². The van der Waals surface area contributed by atoms with Gasteiger partial charge in [-0.05, 0) is 43.3 Å². The molecule has 1 N–H and O–H groups in total. The number of benzene rings is 2. The van der Waals surface area contributed by atoms with Gasteiger partial charge in [-0.25, -0.2) is 13.8 Å². The van der Waals surface area contributed by atoms with Crippen LogP contribution in [0.5, 0.6) is 11.5 Å². The van der Waals surface area contributed by atoms with Gasteiger partial charge < -0.3 is 9.47 Å². The summed E-state index contributed by atoms with van der Waals surface area (Å²) in [5.41, 5.74) is 1.27. The van der Waals surface area contributed by atoms with Crippen LogP contribution in [0.3, 0.4) is 0 Å². The number of nitrogens with zero attached hydrogens (tertiary/aromatic N) is 1. The number of rotatable bonds is 7. The smallest absolute Gasteiger partial charge is 0.264 e. The molecule has 0 unspecified atom stereocenters. The molecule has 0 bridgehead atoms. The Balaban J connectivity index is 1.62. The van der Waals surface area contributed by atoms with Gasteiger partial charge in [0, 0.05) is 16.5 Å².